The van der Waals surface area contributed by atoms with Crippen LogP contribution in [0.2, 0.25) is 0 Å². The summed E-state index contributed by atoms with van der Waals surface area (Å²) in [4.78, 5) is 14.7. The number of aryl methyl sites for hydroxylation is 1. The Morgan fingerprint density at radius 2 is 2.04 bits per heavy atom. The van der Waals surface area contributed by atoms with E-state index in [1.807, 2.05) is 31.2 Å². The lowest BCUT2D eigenvalue weighted by Gasteiger charge is -2.29. The first-order valence-electron chi connectivity index (χ1n) is 8.41. The molecule has 1 saturated heterocycles. The van der Waals surface area contributed by atoms with Gasteiger partial charge in [-0.05, 0) is 42.7 Å². The molecule has 4 nitrogen and oxygen atoms in total. The van der Waals surface area contributed by atoms with Gasteiger partial charge in [-0.3, -0.25) is 4.90 Å². The fourth-order valence-electron chi connectivity index (χ4n) is 3.47. The van der Waals surface area contributed by atoms with E-state index in [0.717, 1.165) is 18.7 Å². The number of nitrogens with one attached hydrogen (secondary N) is 1. The number of carbonyl (C=O) groups is 1. The second kappa shape index (κ2) is 7.23. The molecule has 25 heavy (non-hydrogen) atoms. The van der Waals surface area contributed by atoms with Crippen molar-refractivity contribution in [3.63, 3.8) is 0 Å². The summed E-state index contributed by atoms with van der Waals surface area (Å²) in [5, 5.41) is 3.25. The predicted molar refractivity (Wildman–Crippen MR) is 95.8 cm³/mol. The molecule has 5 heteroatoms. The molecule has 0 bridgehead atoms. The molecule has 0 amide bonds. The molecule has 1 atom stereocenters. The average Bonchev–Trinajstić information content (AvgIpc) is 2.98. The van der Waals surface area contributed by atoms with E-state index in [9.17, 15) is 9.18 Å². The number of likely N-dealkylation sites (tertiary alicyclic amines) is 1. The van der Waals surface area contributed by atoms with Crippen LogP contribution >= 0.6 is 0 Å². The molecule has 3 rings (SSSR count). The number of hydrogen-bond acceptors (Lipinski definition) is 4. The average molecular weight is 342 g/mol. The standard InChI is InChI=1S/C20H23FN2O2/c1-15-10-17(21)12-18(11-15)22-20(19(24)25-2)8-9-23(14-20)13-16-6-4-3-5-7-16/h3-7,10-12,22H,8-9,13-14H2,1-2H3. The van der Waals surface area contributed by atoms with Gasteiger partial charge in [0.05, 0.1) is 7.11 Å². The second-order valence-corrected chi connectivity index (χ2v) is 6.66. The molecule has 1 aliphatic rings. The van der Waals surface area contributed by atoms with Gasteiger partial charge in [-0.15, -0.1) is 0 Å². The van der Waals surface area contributed by atoms with Crippen molar-refractivity contribution in [3.05, 3.63) is 65.5 Å². The third-order valence-corrected chi connectivity index (χ3v) is 4.60. The minimum Gasteiger partial charge on any atom is -0.467 e. The Morgan fingerprint density at radius 3 is 2.72 bits per heavy atom. The van der Waals surface area contributed by atoms with Crippen molar-refractivity contribution in [1.82, 2.24) is 4.90 Å². The lowest BCUT2D eigenvalue weighted by Crippen LogP contribution is -2.49. The smallest absolute Gasteiger partial charge is 0.332 e. The molecule has 1 unspecified atom stereocenters. The van der Waals surface area contributed by atoms with Crippen molar-refractivity contribution in [2.24, 2.45) is 0 Å². The maximum absolute atomic E-state index is 13.7. The summed E-state index contributed by atoms with van der Waals surface area (Å²) in [6.45, 7) is 3.88. The van der Waals surface area contributed by atoms with Crippen molar-refractivity contribution in [1.29, 1.82) is 0 Å². The van der Waals surface area contributed by atoms with E-state index in [1.54, 1.807) is 0 Å². The number of esters is 1. The zero-order chi connectivity index (χ0) is 17.9. The van der Waals surface area contributed by atoms with Gasteiger partial charge in [0.2, 0.25) is 0 Å². The Morgan fingerprint density at radius 1 is 1.28 bits per heavy atom. The highest BCUT2D eigenvalue weighted by atomic mass is 19.1. The van der Waals surface area contributed by atoms with Gasteiger partial charge in [-0.2, -0.15) is 0 Å². The van der Waals surface area contributed by atoms with Crippen LogP contribution in [-0.2, 0) is 16.1 Å². The summed E-state index contributed by atoms with van der Waals surface area (Å²) in [7, 11) is 1.39. The number of rotatable bonds is 5. The van der Waals surface area contributed by atoms with Crippen LogP contribution in [-0.4, -0.2) is 36.6 Å². The predicted octanol–water partition coefficient (Wildman–Crippen LogP) is 3.36. The van der Waals surface area contributed by atoms with Gasteiger partial charge in [-0.25, -0.2) is 9.18 Å². The first-order chi connectivity index (χ1) is 12.0. The van der Waals surface area contributed by atoms with Gasteiger partial charge in [0.15, 0.2) is 0 Å². The lowest BCUT2D eigenvalue weighted by molar-refractivity contribution is -0.145. The zero-order valence-electron chi connectivity index (χ0n) is 14.6. The van der Waals surface area contributed by atoms with Crippen molar-refractivity contribution in [2.75, 3.05) is 25.5 Å². The minimum atomic E-state index is -0.857. The maximum atomic E-state index is 13.7. The quantitative estimate of drug-likeness (QED) is 0.846. The number of nitrogens with zero attached hydrogens (tertiary/aromatic N) is 1. The van der Waals surface area contributed by atoms with Crippen LogP contribution in [0.5, 0.6) is 0 Å². The van der Waals surface area contributed by atoms with Crippen molar-refractivity contribution < 1.29 is 13.9 Å². The molecular weight excluding hydrogens is 319 g/mol. The van der Waals surface area contributed by atoms with Crippen molar-refractivity contribution in [3.8, 4) is 0 Å². The van der Waals surface area contributed by atoms with E-state index < -0.39 is 5.54 Å². The number of benzene rings is 2. The number of carbonyl (C=O) groups excluding carboxylic acids is 1. The van der Waals surface area contributed by atoms with Crippen LogP contribution < -0.4 is 5.32 Å². The van der Waals surface area contributed by atoms with Gasteiger partial charge >= 0.3 is 5.97 Å². The summed E-state index contributed by atoms with van der Waals surface area (Å²) in [5.74, 6) is -0.633. The van der Waals surface area contributed by atoms with Crippen LogP contribution in [0.15, 0.2) is 48.5 Å². The van der Waals surface area contributed by atoms with E-state index >= 15 is 0 Å². The molecule has 2 aromatic carbocycles. The molecule has 0 aromatic heterocycles. The largest absolute Gasteiger partial charge is 0.467 e. The Bertz CT molecular complexity index is 730. The maximum Gasteiger partial charge on any atom is 0.332 e. The van der Waals surface area contributed by atoms with E-state index in [4.69, 9.17) is 4.74 Å². The summed E-state index contributed by atoms with van der Waals surface area (Å²) in [6.07, 6.45) is 0.613. The molecule has 132 valence electrons. The van der Waals surface area contributed by atoms with E-state index in [2.05, 4.69) is 22.3 Å². The number of methoxy groups -OCH3 is 1. The highest BCUT2D eigenvalue weighted by Gasteiger charge is 2.45. The Balaban J connectivity index is 1.79. The van der Waals surface area contributed by atoms with E-state index in [-0.39, 0.29) is 11.8 Å². The number of hydrogen-bond donors (Lipinski definition) is 1. The third-order valence-electron chi connectivity index (χ3n) is 4.60. The normalized spacial score (nSPS) is 20.4. The third kappa shape index (κ3) is 3.99. The van der Waals surface area contributed by atoms with Gasteiger partial charge in [-0.1, -0.05) is 30.3 Å². The molecule has 0 aliphatic carbocycles. The number of halogens is 1. The van der Waals surface area contributed by atoms with Crippen molar-refractivity contribution >= 4 is 11.7 Å². The van der Waals surface area contributed by atoms with Gasteiger partial charge in [0.1, 0.15) is 11.4 Å². The number of anilines is 1. The van der Waals surface area contributed by atoms with Crippen LogP contribution in [0.1, 0.15) is 17.5 Å². The monoisotopic (exact) mass is 342 g/mol. The second-order valence-electron chi connectivity index (χ2n) is 6.66. The molecule has 1 heterocycles. The molecule has 1 aliphatic heterocycles. The van der Waals surface area contributed by atoms with Crippen LogP contribution in [0.4, 0.5) is 10.1 Å². The molecule has 0 spiro atoms. The molecular formula is C20H23FN2O2. The molecule has 0 radical (unpaired) electrons. The van der Waals surface area contributed by atoms with Gasteiger partial charge in [0, 0.05) is 25.3 Å². The first kappa shape index (κ1) is 17.4. The fourth-order valence-corrected chi connectivity index (χ4v) is 3.47. The summed E-state index contributed by atoms with van der Waals surface area (Å²) in [6, 6.07) is 14.9. The first-order valence-corrected chi connectivity index (χ1v) is 8.41. The number of ether oxygens (including phenoxy) is 1. The summed E-state index contributed by atoms with van der Waals surface area (Å²) >= 11 is 0. The highest BCUT2D eigenvalue weighted by Crippen LogP contribution is 2.29. The minimum absolute atomic E-state index is 0.315. The highest BCUT2D eigenvalue weighted by molar-refractivity contribution is 5.85. The summed E-state index contributed by atoms with van der Waals surface area (Å²) < 4.78 is 18.8. The molecule has 1 N–H and O–H groups in total. The van der Waals surface area contributed by atoms with Gasteiger partial charge in [0.25, 0.3) is 0 Å². The topological polar surface area (TPSA) is 41.6 Å². The van der Waals surface area contributed by atoms with Crippen LogP contribution in [0.25, 0.3) is 0 Å². The van der Waals surface area contributed by atoms with E-state index in [0.29, 0.717) is 18.7 Å². The summed E-state index contributed by atoms with van der Waals surface area (Å²) in [5.41, 5.74) is 1.75. The Kier molecular flexibility index (Phi) is 5.04. The lowest BCUT2D eigenvalue weighted by atomic mass is 9.98. The van der Waals surface area contributed by atoms with Gasteiger partial charge < -0.3 is 10.1 Å². The SMILES string of the molecule is COC(=O)C1(Nc2cc(C)cc(F)c2)CCN(Cc2ccccc2)C1. The molecule has 2 aromatic rings. The Labute approximate surface area is 147 Å². The molecule has 1 fully saturated rings. The van der Waals surface area contributed by atoms with Crippen LogP contribution in [0.3, 0.4) is 0 Å². The van der Waals surface area contributed by atoms with E-state index in [1.165, 1.54) is 24.8 Å². The van der Waals surface area contributed by atoms with Crippen molar-refractivity contribution in [2.45, 2.75) is 25.4 Å². The Hall–Kier alpha value is -2.40. The fraction of sp³-hybridized carbons (Fsp3) is 0.350. The zero-order valence-corrected chi connectivity index (χ0v) is 14.6. The molecule has 0 saturated carbocycles. The van der Waals surface area contributed by atoms with Crippen LogP contribution in [0, 0.1) is 12.7 Å².